The average molecular weight is 589 g/mol. The van der Waals surface area contributed by atoms with Gasteiger partial charge in [0.1, 0.15) is 18.3 Å². The zero-order chi connectivity index (χ0) is 27.0. The summed E-state index contributed by atoms with van der Waals surface area (Å²) in [6.45, 7) is -0.364. The average Bonchev–Trinajstić information content (AvgIpc) is 2.89. The van der Waals surface area contributed by atoms with Crippen molar-refractivity contribution in [1.82, 2.24) is 10.2 Å². The first kappa shape index (κ1) is 28.2. The van der Waals surface area contributed by atoms with Gasteiger partial charge in [-0.2, -0.15) is 0 Å². The third-order valence-electron chi connectivity index (χ3n) is 5.80. The number of sulfonamides is 1. The van der Waals surface area contributed by atoms with E-state index in [9.17, 15) is 18.0 Å². The maximum atomic E-state index is 13.9. The number of halogens is 1. The quantitative estimate of drug-likeness (QED) is 0.370. The van der Waals surface area contributed by atoms with E-state index >= 15 is 0 Å². The highest BCUT2D eigenvalue weighted by Gasteiger charge is 2.32. The molecule has 0 spiro atoms. The zero-order valence-corrected chi connectivity index (χ0v) is 23.3. The van der Waals surface area contributed by atoms with Gasteiger partial charge < -0.3 is 15.0 Å². The largest absolute Gasteiger partial charge is 0.497 e. The van der Waals surface area contributed by atoms with Crippen LogP contribution in [0.25, 0.3) is 0 Å². The number of carbonyl (C=O) groups is 2. The van der Waals surface area contributed by atoms with Crippen molar-refractivity contribution < 1.29 is 22.7 Å². The van der Waals surface area contributed by atoms with Gasteiger partial charge in [-0.15, -0.1) is 0 Å². The third-order valence-corrected chi connectivity index (χ3v) is 7.47. The summed E-state index contributed by atoms with van der Waals surface area (Å²) < 4.78 is 32.7. The fraction of sp³-hybridized carbons (Fsp3) is 0.259. The Morgan fingerprint density at radius 1 is 0.973 bits per heavy atom. The van der Waals surface area contributed by atoms with Crippen LogP contribution in [0.1, 0.15) is 11.1 Å². The predicted molar refractivity (Wildman–Crippen MR) is 148 cm³/mol. The van der Waals surface area contributed by atoms with E-state index in [1.807, 2.05) is 54.6 Å². The summed E-state index contributed by atoms with van der Waals surface area (Å²) in [6.07, 6.45) is 1.31. The molecule has 3 rings (SSSR count). The number of benzene rings is 3. The van der Waals surface area contributed by atoms with Crippen LogP contribution in [-0.4, -0.2) is 58.1 Å². The molecule has 0 aromatic heterocycles. The molecule has 0 bridgehead atoms. The fourth-order valence-corrected chi connectivity index (χ4v) is 4.99. The molecule has 0 saturated heterocycles. The lowest BCUT2D eigenvalue weighted by Gasteiger charge is -2.33. The Bertz CT molecular complexity index is 1320. The van der Waals surface area contributed by atoms with Crippen LogP contribution in [0.2, 0.25) is 0 Å². The van der Waals surface area contributed by atoms with Crippen LogP contribution in [-0.2, 0) is 32.6 Å². The minimum Gasteiger partial charge on any atom is -0.497 e. The van der Waals surface area contributed by atoms with Crippen molar-refractivity contribution in [3.63, 3.8) is 0 Å². The lowest BCUT2D eigenvalue weighted by atomic mass is 10.0. The Morgan fingerprint density at radius 3 is 2.24 bits per heavy atom. The molecule has 0 heterocycles. The number of amides is 2. The monoisotopic (exact) mass is 587 g/mol. The van der Waals surface area contributed by atoms with Gasteiger partial charge in [0.25, 0.3) is 0 Å². The number of nitrogens with one attached hydrogen (secondary N) is 1. The van der Waals surface area contributed by atoms with Crippen molar-refractivity contribution in [1.29, 1.82) is 0 Å². The number of likely N-dealkylation sites (N-methyl/N-ethyl adjacent to an activating group) is 1. The minimum atomic E-state index is -3.84. The maximum Gasteiger partial charge on any atom is 0.244 e. The van der Waals surface area contributed by atoms with Crippen molar-refractivity contribution >= 4 is 43.5 Å². The molecule has 8 nitrogen and oxygen atoms in total. The summed E-state index contributed by atoms with van der Waals surface area (Å²) in [5, 5.41) is 2.66. The molecule has 0 saturated carbocycles. The van der Waals surface area contributed by atoms with Gasteiger partial charge >= 0.3 is 0 Å². The Labute approximate surface area is 226 Å². The number of anilines is 1. The molecule has 196 valence electrons. The smallest absolute Gasteiger partial charge is 0.244 e. The number of hydrogen-bond acceptors (Lipinski definition) is 5. The van der Waals surface area contributed by atoms with Gasteiger partial charge in [0.05, 0.1) is 19.1 Å². The van der Waals surface area contributed by atoms with Gasteiger partial charge in [0, 0.05) is 30.6 Å². The molecule has 3 aromatic rings. The van der Waals surface area contributed by atoms with Gasteiger partial charge in [-0.05, 0) is 35.4 Å². The molecule has 0 aliphatic heterocycles. The summed E-state index contributed by atoms with van der Waals surface area (Å²) in [4.78, 5) is 28.4. The normalized spacial score (nSPS) is 11.9. The van der Waals surface area contributed by atoms with Gasteiger partial charge in [0.2, 0.25) is 21.8 Å². The van der Waals surface area contributed by atoms with E-state index in [0.29, 0.717) is 11.4 Å². The van der Waals surface area contributed by atoms with Gasteiger partial charge in [0.15, 0.2) is 0 Å². The lowest BCUT2D eigenvalue weighted by molar-refractivity contribution is -0.139. The molecule has 0 aliphatic carbocycles. The first-order valence-electron chi connectivity index (χ1n) is 11.5. The molecule has 10 heteroatoms. The Morgan fingerprint density at radius 2 is 1.65 bits per heavy atom. The molecule has 0 aliphatic rings. The minimum absolute atomic E-state index is 0.118. The summed E-state index contributed by atoms with van der Waals surface area (Å²) in [5.41, 5.74) is 1.96. The maximum absolute atomic E-state index is 13.9. The van der Waals surface area contributed by atoms with E-state index in [0.717, 1.165) is 26.2 Å². The van der Waals surface area contributed by atoms with Crippen LogP contribution in [0.3, 0.4) is 0 Å². The topological polar surface area (TPSA) is 96.0 Å². The Balaban J connectivity index is 2.02. The van der Waals surface area contributed by atoms with Crippen molar-refractivity contribution in [3.8, 4) is 5.75 Å². The first-order valence-corrected chi connectivity index (χ1v) is 14.2. The molecule has 2 amide bonds. The number of methoxy groups -OCH3 is 1. The number of hydrogen-bond donors (Lipinski definition) is 1. The fourth-order valence-electron chi connectivity index (χ4n) is 3.89. The first-order chi connectivity index (χ1) is 17.6. The van der Waals surface area contributed by atoms with Crippen LogP contribution in [0.15, 0.2) is 83.3 Å². The van der Waals surface area contributed by atoms with Gasteiger partial charge in [-0.25, -0.2) is 8.42 Å². The predicted octanol–water partition coefficient (Wildman–Crippen LogP) is 3.61. The van der Waals surface area contributed by atoms with Crippen LogP contribution < -0.4 is 14.4 Å². The second-order valence-corrected chi connectivity index (χ2v) is 11.3. The van der Waals surface area contributed by atoms with Crippen molar-refractivity contribution in [2.24, 2.45) is 0 Å². The van der Waals surface area contributed by atoms with Gasteiger partial charge in [-0.3, -0.25) is 13.9 Å². The van der Waals surface area contributed by atoms with Crippen molar-refractivity contribution in [2.75, 3.05) is 31.3 Å². The van der Waals surface area contributed by atoms with Crippen LogP contribution in [0.5, 0.6) is 5.75 Å². The number of carbonyl (C=O) groups excluding carboxylic acids is 2. The van der Waals surface area contributed by atoms with E-state index in [1.54, 1.807) is 24.3 Å². The number of nitrogens with zero attached hydrogens (tertiary/aromatic N) is 2. The molecule has 0 unspecified atom stereocenters. The third kappa shape index (κ3) is 7.80. The van der Waals surface area contributed by atoms with Crippen LogP contribution in [0.4, 0.5) is 5.69 Å². The second-order valence-electron chi connectivity index (χ2n) is 8.44. The highest BCUT2D eigenvalue weighted by atomic mass is 79.9. The Hall–Kier alpha value is -3.37. The van der Waals surface area contributed by atoms with Crippen molar-refractivity contribution in [2.45, 2.75) is 19.0 Å². The SMILES string of the molecule is CNC(=O)[C@@H](Cc1ccccc1)N(Cc1ccc(Br)cc1)C(=O)CN(c1cccc(OC)c1)S(C)(=O)=O. The van der Waals surface area contributed by atoms with E-state index in [4.69, 9.17) is 4.74 Å². The lowest BCUT2D eigenvalue weighted by Crippen LogP contribution is -2.52. The molecule has 1 N–H and O–H groups in total. The highest BCUT2D eigenvalue weighted by molar-refractivity contribution is 9.10. The molecule has 0 radical (unpaired) electrons. The van der Waals surface area contributed by atoms with E-state index < -0.39 is 28.5 Å². The highest BCUT2D eigenvalue weighted by Crippen LogP contribution is 2.24. The Kier molecular flexibility index (Phi) is 9.71. The molecular weight excluding hydrogens is 558 g/mol. The van der Waals surface area contributed by atoms with E-state index in [1.165, 1.54) is 19.1 Å². The zero-order valence-electron chi connectivity index (χ0n) is 20.9. The number of ether oxygens (including phenoxy) is 1. The van der Waals surface area contributed by atoms with Crippen molar-refractivity contribution in [3.05, 3.63) is 94.5 Å². The van der Waals surface area contributed by atoms with E-state index in [2.05, 4.69) is 21.2 Å². The summed E-state index contributed by atoms with van der Waals surface area (Å²) in [7, 11) is -0.843. The van der Waals surface area contributed by atoms with Crippen LogP contribution >= 0.6 is 15.9 Å². The number of rotatable bonds is 11. The molecular formula is C27H30BrN3O5S. The summed E-state index contributed by atoms with van der Waals surface area (Å²) in [5.74, 6) is -0.403. The molecule has 0 fully saturated rings. The molecule has 37 heavy (non-hydrogen) atoms. The summed E-state index contributed by atoms with van der Waals surface area (Å²) >= 11 is 3.41. The summed E-state index contributed by atoms with van der Waals surface area (Å²) in [6, 6.07) is 22.4. The van der Waals surface area contributed by atoms with Gasteiger partial charge in [-0.1, -0.05) is 64.5 Å². The van der Waals surface area contributed by atoms with E-state index in [-0.39, 0.29) is 18.9 Å². The molecule has 1 atom stereocenters. The second kappa shape index (κ2) is 12.7. The standard InChI is InChI=1S/C27H30BrN3O5S/c1-29-27(33)25(16-20-8-5-4-6-9-20)30(18-21-12-14-22(28)15-13-21)26(32)19-31(37(3,34)35)23-10-7-11-24(17-23)36-2/h4-15,17,25H,16,18-19H2,1-3H3,(H,29,33)/t25-/m1/s1. The molecule has 3 aromatic carbocycles. The van der Waals surface area contributed by atoms with Crippen LogP contribution in [0, 0.1) is 0 Å².